The predicted molar refractivity (Wildman–Crippen MR) is 284 cm³/mol. The molecule has 0 aromatic heterocycles. The Bertz CT molecular complexity index is 1920. The maximum absolute atomic E-state index is 15.3. The Hall–Kier alpha value is -2.86. The Morgan fingerprint density at radius 2 is 0.750 bits per heavy atom. The van der Waals surface area contributed by atoms with E-state index < -0.39 is 44.0 Å². The fourth-order valence-electron chi connectivity index (χ4n) is 9.88. The molecule has 0 aliphatic heterocycles. The van der Waals surface area contributed by atoms with E-state index in [1.165, 1.54) is 130 Å². The topological polar surface area (TPSA) is 3.24 Å². The molecule has 346 valence electrons. The quantitative estimate of drug-likeness (QED) is 0.0357. The lowest BCUT2D eigenvalue weighted by Gasteiger charge is -2.40. The molecular formula is C56H78F3NP2Si2. The van der Waals surface area contributed by atoms with E-state index in [1.54, 1.807) is 28.6 Å². The standard InChI is InChI=1S/C56H78F3NP2Si2/c1-7-13-41-63(42-14-8-2,43-15-9-3)52-37-33-50(34-38-52)61(51-35-39-53(40-36-51)64(44-16-10-4,45-17-11-5)46-18-12-6)60(47-48-27-21-19-22-28-48)62(49-29-23-20-24-30-49)55-32-26-25-31-54(55)56(57,58)59/h19-40H,7-18,41-47H2,1-6H3. The van der Waals surface area contributed by atoms with Crippen molar-refractivity contribution >= 4 is 63.9 Å². The van der Waals surface area contributed by atoms with Crippen molar-refractivity contribution in [3.63, 3.8) is 0 Å². The lowest BCUT2D eigenvalue weighted by Crippen LogP contribution is -2.48. The van der Waals surface area contributed by atoms with E-state index in [9.17, 15) is 0 Å². The van der Waals surface area contributed by atoms with Crippen molar-refractivity contribution in [1.82, 2.24) is 4.44 Å². The Morgan fingerprint density at radius 1 is 0.406 bits per heavy atom. The van der Waals surface area contributed by atoms with Crippen LogP contribution in [0.2, 0.25) is 36.3 Å². The maximum Gasteiger partial charge on any atom is 0.417 e. The van der Waals surface area contributed by atoms with E-state index in [-0.39, 0.29) is 0 Å². The maximum atomic E-state index is 15.3. The van der Waals surface area contributed by atoms with Crippen molar-refractivity contribution in [3.05, 3.63) is 145 Å². The smallest absolute Gasteiger partial charge is 0.240 e. The summed E-state index contributed by atoms with van der Waals surface area (Å²) < 4.78 is 48.4. The molecule has 0 amide bonds. The average molecular weight is 940 g/mol. The molecule has 8 heteroatoms. The highest BCUT2D eigenvalue weighted by molar-refractivity contribution is 7.84. The minimum atomic E-state index is -4.50. The molecule has 0 aliphatic rings. The Morgan fingerprint density at radius 3 is 1.12 bits per heavy atom. The fraction of sp³-hybridized carbons (Fsp3) is 0.464. The van der Waals surface area contributed by atoms with Gasteiger partial charge in [-0.05, 0) is 27.5 Å². The van der Waals surface area contributed by atoms with Gasteiger partial charge in [0.25, 0.3) is 0 Å². The van der Waals surface area contributed by atoms with Crippen LogP contribution in [-0.2, 0) is 12.7 Å². The number of rotatable bonds is 28. The van der Waals surface area contributed by atoms with Gasteiger partial charge in [0.05, 0.1) is 21.7 Å². The van der Waals surface area contributed by atoms with Gasteiger partial charge in [0.2, 0.25) is 0 Å². The Labute approximate surface area is 391 Å². The molecule has 0 N–H and O–H groups in total. The number of halogens is 3. The van der Waals surface area contributed by atoms with Gasteiger partial charge in [0.1, 0.15) is 0 Å². The molecule has 5 aromatic rings. The van der Waals surface area contributed by atoms with Crippen LogP contribution >= 0.6 is 16.1 Å². The molecule has 0 heterocycles. The van der Waals surface area contributed by atoms with E-state index in [0.29, 0.717) is 11.8 Å². The zero-order valence-corrected chi connectivity index (χ0v) is 43.9. The van der Waals surface area contributed by atoms with Crippen LogP contribution < -0.4 is 31.6 Å². The second kappa shape index (κ2) is 26.5. The summed E-state index contributed by atoms with van der Waals surface area (Å²) in [5.74, 6) is 0. The number of hydrogen-bond donors (Lipinski definition) is 0. The molecule has 0 aliphatic carbocycles. The van der Waals surface area contributed by atoms with Crippen LogP contribution in [0, 0.1) is 0 Å². The predicted octanol–water partition coefficient (Wildman–Crippen LogP) is 15.7. The highest BCUT2D eigenvalue weighted by Gasteiger charge is 2.41. The first-order chi connectivity index (χ1) is 31.1. The summed E-state index contributed by atoms with van der Waals surface area (Å²) in [6, 6.07) is 54.5. The first kappa shape index (κ1) is 52.1. The van der Waals surface area contributed by atoms with Gasteiger partial charge >= 0.3 is 6.18 Å². The van der Waals surface area contributed by atoms with Gasteiger partial charge in [-0.2, -0.15) is 13.2 Å². The molecule has 0 bridgehead atoms. The molecule has 1 unspecified atom stereocenters. The van der Waals surface area contributed by atoms with Crippen LogP contribution in [0.1, 0.15) is 130 Å². The van der Waals surface area contributed by atoms with Crippen LogP contribution in [0.4, 0.5) is 13.2 Å². The number of hydrogen-bond acceptors (Lipinski definition) is 1. The monoisotopic (exact) mass is 940 g/mol. The van der Waals surface area contributed by atoms with Gasteiger partial charge < -0.3 is 0 Å². The van der Waals surface area contributed by atoms with E-state index in [1.807, 2.05) is 24.3 Å². The van der Waals surface area contributed by atoms with Crippen molar-refractivity contribution in [1.29, 1.82) is 0 Å². The summed E-state index contributed by atoms with van der Waals surface area (Å²) in [6.07, 6.45) is 10.4. The van der Waals surface area contributed by atoms with Crippen LogP contribution in [-0.4, -0.2) is 20.6 Å². The Kier molecular flexibility index (Phi) is 21.6. The second-order valence-electron chi connectivity index (χ2n) is 18.3. The second-order valence-corrected chi connectivity index (χ2v) is 32.1. The largest absolute Gasteiger partial charge is 0.417 e. The molecule has 1 atom stereocenters. The summed E-state index contributed by atoms with van der Waals surface area (Å²) in [5, 5.41) is 6.86. The third-order valence-corrected chi connectivity index (χ3v) is 30.0. The minimum Gasteiger partial charge on any atom is -0.240 e. The molecular weight excluding hydrogens is 862 g/mol. The van der Waals surface area contributed by atoms with E-state index in [4.69, 9.17) is 0 Å². The number of nitrogens with zero attached hydrogens (tertiary/aromatic N) is 1. The fourth-order valence-corrected chi connectivity index (χ4v) is 27.2. The highest BCUT2D eigenvalue weighted by Crippen LogP contribution is 2.56. The lowest BCUT2D eigenvalue weighted by atomic mass is 10.2. The third-order valence-electron chi connectivity index (χ3n) is 13.6. The zero-order chi connectivity index (χ0) is 45.8. The average Bonchev–Trinajstić information content (AvgIpc) is 3.32. The normalized spacial score (nSPS) is 12.9. The SMILES string of the molecule is CCCC[Si](CCCC)(CCCC)c1ccc(P(c2ccc([Si](CCCC)(CCCC)CCCC)cc2)N(Cc2ccccc2)P(c2ccccc2)c2ccccc2C(F)(F)F)cc1. The van der Waals surface area contributed by atoms with E-state index >= 15 is 13.2 Å². The number of alkyl halides is 3. The molecule has 0 saturated carbocycles. The molecule has 0 radical (unpaired) electrons. The summed E-state index contributed by atoms with van der Waals surface area (Å²) in [7, 11) is -6.57. The summed E-state index contributed by atoms with van der Waals surface area (Å²) >= 11 is 0. The van der Waals surface area contributed by atoms with Crippen molar-refractivity contribution in [2.45, 2.75) is 168 Å². The van der Waals surface area contributed by atoms with E-state index in [2.05, 4.69) is 131 Å². The van der Waals surface area contributed by atoms with E-state index in [0.717, 1.165) is 10.9 Å². The molecule has 1 nitrogen and oxygen atoms in total. The molecule has 5 rings (SSSR count). The van der Waals surface area contributed by atoms with Crippen molar-refractivity contribution < 1.29 is 13.2 Å². The molecule has 0 spiro atoms. The van der Waals surface area contributed by atoms with Crippen LogP contribution in [0.3, 0.4) is 0 Å². The van der Waals surface area contributed by atoms with Gasteiger partial charge in [0.15, 0.2) is 0 Å². The van der Waals surface area contributed by atoms with Crippen molar-refractivity contribution in [3.8, 4) is 0 Å². The van der Waals surface area contributed by atoms with Crippen molar-refractivity contribution in [2.24, 2.45) is 0 Å². The number of benzene rings is 5. The number of unbranched alkanes of at least 4 members (excludes halogenated alkanes) is 6. The summed E-state index contributed by atoms with van der Waals surface area (Å²) in [5.41, 5.74) is 0.562. The third kappa shape index (κ3) is 13.9. The summed E-state index contributed by atoms with van der Waals surface area (Å²) in [4.78, 5) is 0. The first-order valence-electron chi connectivity index (χ1n) is 24.9. The van der Waals surface area contributed by atoms with Gasteiger partial charge in [-0.25, -0.2) is 4.44 Å². The van der Waals surface area contributed by atoms with Crippen LogP contribution in [0.15, 0.2) is 133 Å². The van der Waals surface area contributed by atoms with Crippen molar-refractivity contribution in [2.75, 3.05) is 0 Å². The highest BCUT2D eigenvalue weighted by atomic mass is 31.2. The van der Waals surface area contributed by atoms with Gasteiger partial charge in [-0.1, -0.05) is 293 Å². The van der Waals surface area contributed by atoms with Crippen LogP contribution in [0.25, 0.3) is 0 Å². The van der Waals surface area contributed by atoms with Gasteiger partial charge in [-0.15, -0.1) is 0 Å². The van der Waals surface area contributed by atoms with Gasteiger partial charge in [0, 0.05) is 28.0 Å². The van der Waals surface area contributed by atoms with Crippen LogP contribution in [0.5, 0.6) is 0 Å². The zero-order valence-electron chi connectivity index (χ0n) is 40.1. The first-order valence-corrected chi connectivity index (χ1v) is 32.8. The molecule has 0 fully saturated rings. The molecule has 0 saturated heterocycles. The minimum absolute atomic E-state index is 0.364. The lowest BCUT2D eigenvalue weighted by molar-refractivity contribution is -0.136. The Balaban J connectivity index is 1.81. The molecule has 64 heavy (non-hydrogen) atoms. The summed E-state index contributed by atoms with van der Waals surface area (Å²) in [6.45, 7) is 14.5. The molecule has 5 aromatic carbocycles. The van der Waals surface area contributed by atoms with Gasteiger partial charge in [-0.3, -0.25) is 0 Å².